The van der Waals surface area contributed by atoms with Gasteiger partial charge in [0.25, 0.3) is 0 Å². The molecule has 0 aromatic rings. The van der Waals surface area contributed by atoms with Gasteiger partial charge in [0.15, 0.2) is 0 Å². The summed E-state index contributed by atoms with van der Waals surface area (Å²) in [5.41, 5.74) is 6.16. The van der Waals surface area contributed by atoms with E-state index in [1.807, 2.05) is 0 Å². The fourth-order valence-electron chi connectivity index (χ4n) is 2.01. The summed E-state index contributed by atoms with van der Waals surface area (Å²) in [5, 5.41) is 2.99. The van der Waals surface area contributed by atoms with E-state index < -0.39 is 0 Å². The Morgan fingerprint density at radius 1 is 1.40 bits per heavy atom. The normalized spacial score (nSPS) is 26.7. The molecule has 0 aromatic carbocycles. The van der Waals surface area contributed by atoms with Crippen molar-refractivity contribution in [3.63, 3.8) is 0 Å². The van der Waals surface area contributed by atoms with Gasteiger partial charge in [-0.1, -0.05) is 27.2 Å². The zero-order valence-electron chi connectivity index (χ0n) is 10.2. The molecule has 1 aliphatic rings. The molecule has 3 nitrogen and oxygen atoms in total. The molecule has 0 spiro atoms. The lowest BCUT2D eigenvalue weighted by atomic mass is 9.92. The molecule has 1 amide bonds. The van der Waals surface area contributed by atoms with E-state index in [4.69, 9.17) is 5.73 Å². The van der Waals surface area contributed by atoms with Gasteiger partial charge in [-0.15, -0.1) is 0 Å². The molecular formula is C12H24N2O. The fourth-order valence-corrected chi connectivity index (χ4v) is 2.01. The zero-order valence-corrected chi connectivity index (χ0v) is 10.2. The van der Waals surface area contributed by atoms with E-state index in [0.29, 0.717) is 0 Å². The van der Waals surface area contributed by atoms with E-state index in [1.165, 1.54) is 0 Å². The molecule has 2 atom stereocenters. The molecule has 15 heavy (non-hydrogen) atoms. The number of rotatable bonds is 3. The van der Waals surface area contributed by atoms with Crippen LogP contribution >= 0.6 is 0 Å². The van der Waals surface area contributed by atoms with Crippen molar-refractivity contribution < 1.29 is 4.79 Å². The number of carbonyl (C=O) groups is 1. The second-order valence-electron chi connectivity index (χ2n) is 5.80. The monoisotopic (exact) mass is 212 g/mol. The first-order valence-corrected chi connectivity index (χ1v) is 5.93. The molecule has 88 valence electrons. The highest BCUT2D eigenvalue weighted by Crippen LogP contribution is 2.24. The third-order valence-electron chi connectivity index (χ3n) is 3.08. The van der Waals surface area contributed by atoms with E-state index in [0.717, 1.165) is 32.2 Å². The maximum atomic E-state index is 11.8. The van der Waals surface area contributed by atoms with Gasteiger partial charge in [-0.2, -0.15) is 0 Å². The van der Waals surface area contributed by atoms with Crippen molar-refractivity contribution in [2.75, 3.05) is 6.54 Å². The van der Waals surface area contributed by atoms with Crippen LogP contribution in [0.4, 0.5) is 0 Å². The van der Waals surface area contributed by atoms with Crippen molar-refractivity contribution in [1.29, 1.82) is 0 Å². The largest absolute Gasteiger partial charge is 0.356 e. The predicted octanol–water partition coefficient (Wildman–Crippen LogP) is 1.67. The van der Waals surface area contributed by atoms with Gasteiger partial charge >= 0.3 is 0 Å². The van der Waals surface area contributed by atoms with Gasteiger partial charge in [-0.05, 0) is 24.7 Å². The van der Waals surface area contributed by atoms with Crippen molar-refractivity contribution in [3.8, 4) is 0 Å². The van der Waals surface area contributed by atoms with Crippen LogP contribution < -0.4 is 11.1 Å². The second-order valence-corrected chi connectivity index (χ2v) is 5.80. The van der Waals surface area contributed by atoms with E-state index in [-0.39, 0.29) is 23.3 Å². The van der Waals surface area contributed by atoms with Crippen molar-refractivity contribution in [2.45, 2.75) is 52.5 Å². The highest BCUT2D eigenvalue weighted by molar-refractivity contribution is 5.79. The van der Waals surface area contributed by atoms with Crippen molar-refractivity contribution in [3.05, 3.63) is 0 Å². The van der Waals surface area contributed by atoms with Crippen LogP contribution in [-0.4, -0.2) is 18.5 Å². The topological polar surface area (TPSA) is 55.1 Å². The lowest BCUT2D eigenvalue weighted by Crippen LogP contribution is -2.39. The van der Waals surface area contributed by atoms with Gasteiger partial charge in [-0.25, -0.2) is 0 Å². The Bertz CT molecular complexity index is 220. The third kappa shape index (κ3) is 4.20. The first kappa shape index (κ1) is 12.5. The first-order chi connectivity index (χ1) is 6.90. The van der Waals surface area contributed by atoms with Crippen LogP contribution in [-0.2, 0) is 4.79 Å². The molecule has 0 aliphatic heterocycles. The number of carbonyl (C=O) groups excluding carboxylic acids is 1. The summed E-state index contributed by atoms with van der Waals surface area (Å²) in [6.45, 7) is 7.31. The molecule has 3 heteroatoms. The van der Waals surface area contributed by atoms with Gasteiger partial charge in [0.1, 0.15) is 0 Å². The van der Waals surface area contributed by atoms with E-state index in [2.05, 4.69) is 26.1 Å². The van der Waals surface area contributed by atoms with Gasteiger partial charge in [0.05, 0.1) is 5.92 Å². The predicted molar refractivity (Wildman–Crippen MR) is 62.4 cm³/mol. The van der Waals surface area contributed by atoms with Crippen LogP contribution in [0.3, 0.4) is 0 Å². The maximum Gasteiger partial charge on any atom is 0.224 e. The van der Waals surface area contributed by atoms with Crippen LogP contribution in [0.2, 0.25) is 0 Å². The SMILES string of the molecule is CC(C)(C)CCNC(=O)C1CCCC1N. The Kier molecular flexibility index (Phi) is 4.14. The average Bonchev–Trinajstić information content (AvgIpc) is 2.48. The summed E-state index contributed by atoms with van der Waals surface area (Å²) < 4.78 is 0. The van der Waals surface area contributed by atoms with E-state index in [9.17, 15) is 4.79 Å². The van der Waals surface area contributed by atoms with E-state index >= 15 is 0 Å². The minimum Gasteiger partial charge on any atom is -0.356 e. The molecule has 3 N–H and O–H groups in total. The van der Waals surface area contributed by atoms with Crippen molar-refractivity contribution in [2.24, 2.45) is 17.1 Å². The standard InChI is InChI=1S/C12H24N2O/c1-12(2,3)7-8-14-11(15)9-5-4-6-10(9)13/h9-10H,4-8,13H2,1-3H3,(H,14,15). The fraction of sp³-hybridized carbons (Fsp3) is 0.917. The van der Waals surface area contributed by atoms with Crippen LogP contribution in [0.5, 0.6) is 0 Å². The van der Waals surface area contributed by atoms with Gasteiger partial charge in [0, 0.05) is 12.6 Å². The van der Waals surface area contributed by atoms with Crippen LogP contribution in [0, 0.1) is 11.3 Å². The number of hydrogen-bond donors (Lipinski definition) is 2. The van der Waals surface area contributed by atoms with Gasteiger partial charge in [-0.3, -0.25) is 4.79 Å². The minimum absolute atomic E-state index is 0.0602. The quantitative estimate of drug-likeness (QED) is 0.747. The molecule has 1 fully saturated rings. The third-order valence-corrected chi connectivity index (χ3v) is 3.08. The summed E-state index contributed by atoms with van der Waals surface area (Å²) in [7, 11) is 0. The van der Waals surface area contributed by atoms with Gasteiger partial charge < -0.3 is 11.1 Å². The first-order valence-electron chi connectivity index (χ1n) is 5.93. The van der Waals surface area contributed by atoms with Crippen LogP contribution in [0.15, 0.2) is 0 Å². The molecule has 1 aliphatic carbocycles. The second kappa shape index (κ2) is 4.97. The van der Waals surface area contributed by atoms with Crippen molar-refractivity contribution >= 4 is 5.91 Å². The number of amides is 1. The van der Waals surface area contributed by atoms with E-state index in [1.54, 1.807) is 0 Å². The smallest absolute Gasteiger partial charge is 0.224 e. The Hall–Kier alpha value is -0.570. The average molecular weight is 212 g/mol. The number of nitrogens with one attached hydrogen (secondary N) is 1. The number of nitrogens with two attached hydrogens (primary N) is 1. The highest BCUT2D eigenvalue weighted by atomic mass is 16.1. The summed E-state index contributed by atoms with van der Waals surface area (Å²) in [4.78, 5) is 11.8. The molecular weight excluding hydrogens is 188 g/mol. The highest BCUT2D eigenvalue weighted by Gasteiger charge is 2.29. The Morgan fingerprint density at radius 2 is 2.07 bits per heavy atom. The summed E-state index contributed by atoms with van der Waals surface area (Å²) in [6, 6.07) is 0.0830. The molecule has 0 saturated heterocycles. The summed E-state index contributed by atoms with van der Waals surface area (Å²) in [5.74, 6) is 0.217. The molecule has 0 radical (unpaired) electrons. The maximum absolute atomic E-state index is 11.8. The van der Waals surface area contributed by atoms with Crippen molar-refractivity contribution in [1.82, 2.24) is 5.32 Å². The molecule has 0 aromatic heterocycles. The molecule has 1 saturated carbocycles. The van der Waals surface area contributed by atoms with Crippen LogP contribution in [0.1, 0.15) is 46.5 Å². The summed E-state index contributed by atoms with van der Waals surface area (Å²) in [6.07, 6.45) is 4.07. The molecule has 0 bridgehead atoms. The lowest BCUT2D eigenvalue weighted by molar-refractivity contribution is -0.125. The molecule has 0 heterocycles. The minimum atomic E-state index is 0.0602. The molecule has 1 rings (SSSR count). The molecule has 2 unspecified atom stereocenters. The Balaban J connectivity index is 2.24. The lowest BCUT2D eigenvalue weighted by Gasteiger charge is -2.20. The zero-order chi connectivity index (χ0) is 11.5. The number of hydrogen-bond acceptors (Lipinski definition) is 2. The summed E-state index contributed by atoms with van der Waals surface area (Å²) >= 11 is 0. The van der Waals surface area contributed by atoms with Crippen LogP contribution in [0.25, 0.3) is 0 Å². The van der Waals surface area contributed by atoms with Gasteiger partial charge in [0.2, 0.25) is 5.91 Å². The Morgan fingerprint density at radius 3 is 2.53 bits per heavy atom. The Labute approximate surface area is 92.8 Å².